The molecule has 0 spiro atoms. The second-order valence-electron chi connectivity index (χ2n) is 7.49. The lowest BCUT2D eigenvalue weighted by Gasteiger charge is -2.27. The number of halogens is 3. The summed E-state index contributed by atoms with van der Waals surface area (Å²) in [7, 11) is 3.66. The van der Waals surface area contributed by atoms with Crippen LogP contribution in [0.1, 0.15) is 21.6 Å². The van der Waals surface area contributed by atoms with Crippen molar-refractivity contribution in [3.8, 4) is 16.9 Å². The van der Waals surface area contributed by atoms with Crippen molar-refractivity contribution < 1.29 is 19.7 Å². The number of carbonyl (C=O) groups is 1. The lowest BCUT2D eigenvalue weighted by atomic mass is 9.96. The van der Waals surface area contributed by atoms with Crippen molar-refractivity contribution in [3.63, 3.8) is 0 Å². The van der Waals surface area contributed by atoms with E-state index in [2.05, 4.69) is 15.2 Å². The molecule has 0 saturated carbocycles. The van der Waals surface area contributed by atoms with E-state index in [4.69, 9.17) is 4.74 Å². The molecule has 4 rings (SSSR count). The number of fused-ring (bicyclic) bond motifs is 1. The van der Waals surface area contributed by atoms with E-state index in [1.807, 2.05) is 29.8 Å². The molecule has 0 amide bonds. The Morgan fingerprint density at radius 1 is 1.24 bits per heavy atom. The predicted molar refractivity (Wildman–Crippen MR) is 135 cm³/mol. The van der Waals surface area contributed by atoms with Crippen LogP contribution in [-0.4, -0.2) is 64.0 Å². The Kier molecular flexibility index (Phi) is 10.9. The fourth-order valence-corrected chi connectivity index (χ4v) is 4.19. The number of pyridine rings is 1. The lowest BCUT2D eigenvalue weighted by molar-refractivity contribution is 0.0331. The van der Waals surface area contributed by atoms with Crippen molar-refractivity contribution in [1.29, 1.82) is 0 Å². The number of nitrogens with zero attached hydrogens (tertiary/aromatic N) is 3. The summed E-state index contributed by atoms with van der Waals surface area (Å²) in [5.74, 6) is -0.911. The summed E-state index contributed by atoms with van der Waals surface area (Å²) in [6.07, 6.45) is 3.37. The van der Waals surface area contributed by atoms with Gasteiger partial charge in [0.05, 0.1) is 24.3 Å². The minimum absolute atomic E-state index is 0. The first-order chi connectivity index (χ1) is 14.5. The van der Waals surface area contributed by atoms with Gasteiger partial charge in [0.1, 0.15) is 5.75 Å². The second kappa shape index (κ2) is 12.4. The summed E-state index contributed by atoms with van der Waals surface area (Å²) in [6, 6.07) is 5.55. The number of hydrogen-bond acceptors (Lipinski definition) is 6. The van der Waals surface area contributed by atoms with Crippen LogP contribution in [0.5, 0.6) is 5.75 Å². The molecule has 1 aromatic carbocycles. The maximum Gasteiger partial charge on any atom is 0.338 e. The van der Waals surface area contributed by atoms with Gasteiger partial charge in [0.15, 0.2) is 0 Å². The number of phenolic OH excluding ortho intramolecular Hbond substituents is 1. The van der Waals surface area contributed by atoms with Crippen molar-refractivity contribution in [1.82, 2.24) is 19.8 Å². The molecule has 182 valence electrons. The highest BCUT2D eigenvalue weighted by Crippen LogP contribution is 2.41. The van der Waals surface area contributed by atoms with E-state index in [0.717, 1.165) is 29.9 Å². The quantitative estimate of drug-likeness (QED) is 0.459. The van der Waals surface area contributed by atoms with E-state index in [1.54, 1.807) is 19.4 Å². The summed E-state index contributed by atoms with van der Waals surface area (Å²) >= 11 is 0. The fourth-order valence-electron chi connectivity index (χ4n) is 4.19. The van der Waals surface area contributed by atoms with Gasteiger partial charge in [-0.05, 0) is 19.2 Å². The zero-order valence-corrected chi connectivity index (χ0v) is 20.9. The van der Waals surface area contributed by atoms with Gasteiger partial charge in [0.2, 0.25) is 0 Å². The number of carboxylic acids is 1. The van der Waals surface area contributed by atoms with Gasteiger partial charge in [0.25, 0.3) is 0 Å². The van der Waals surface area contributed by atoms with E-state index in [9.17, 15) is 15.0 Å². The largest absolute Gasteiger partial charge is 0.507 e. The summed E-state index contributed by atoms with van der Waals surface area (Å²) in [5, 5.41) is 24.9. The Balaban J connectivity index is 0.00000181. The number of ether oxygens (including phenoxy) is 1. The monoisotopic (exact) mass is 518 g/mol. The minimum Gasteiger partial charge on any atom is -0.507 e. The van der Waals surface area contributed by atoms with Crippen LogP contribution < -0.4 is 5.32 Å². The van der Waals surface area contributed by atoms with E-state index < -0.39 is 5.97 Å². The Morgan fingerprint density at radius 2 is 1.94 bits per heavy atom. The molecule has 8 nitrogen and oxygen atoms in total. The van der Waals surface area contributed by atoms with Crippen molar-refractivity contribution in [2.45, 2.75) is 13.1 Å². The van der Waals surface area contributed by atoms with Gasteiger partial charge in [-0.15, -0.1) is 37.2 Å². The van der Waals surface area contributed by atoms with Crippen molar-refractivity contribution in [2.24, 2.45) is 7.05 Å². The molecule has 33 heavy (non-hydrogen) atoms. The van der Waals surface area contributed by atoms with Gasteiger partial charge in [-0.1, -0.05) is 6.07 Å². The minimum atomic E-state index is -0.991. The zero-order chi connectivity index (χ0) is 21.3. The molecule has 0 unspecified atom stereocenters. The third-order valence-electron chi connectivity index (χ3n) is 5.70. The summed E-state index contributed by atoms with van der Waals surface area (Å²) in [5.41, 5.74) is 3.74. The van der Waals surface area contributed by atoms with Crippen LogP contribution in [0.3, 0.4) is 0 Å². The number of aromatic carboxylic acids is 1. The molecule has 1 saturated heterocycles. The molecular weight excluding hydrogens is 491 g/mol. The van der Waals surface area contributed by atoms with Crippen LogP contribution in [0.2, 0.25) is 0 Å². The summed E-state index contributed by atoms with van der Waals surface area (Å²) < 4.78 is 7.36. The summed E-state index contributed by atoms with van der Waals surface area (Å²) in [4.78, 5) is 18.7. The average Bonchev–Trinajstić information content (AvgIpc) is 3.03. The number of aryl methyl sites for hydroxylation is 1. The SMILES string of the molecule is CNCc1c(O)c(-c2cccnc2)cc2c1c(C(=O)O)c(CN1CCOCC1)n2C.Cl.Cl.Cl. The number of aromatic hydroxyl groups is 1. The molecule has 3 N–H and O–H groups in total. The normalized spacial score (nSPS) is 13.6. The maximum atomic E-state index is 12.3. The smallest absolute Gasteiger partial charge is 0.338 e. The van der Waals surface area contributed by atoms with Crippen LogP contribution in [-0.2, 0) is 24.9 Å². The summed E-state index contributed by atoms with van der Waals surface area (Å²) in [6.45, 7) is 3.66. The first-order valence-corrected chi connectivity index (χ1v) is 9.97. The highest BCUT2D eigenvalue weighted by molar-refractivity contribution is 6.08. The molecule has 0 bridgehead atoms. The zero-order valence-electron chi connectivity index (χ0n) is 18.4. The van der Waals surface area contributed by atoms with Gasteiger partial charge in [0, 0.05) is 73.4 Å². The van der Waals surface area contributed by atoms with Crippen LogP contribution in [0.4, 0.5) is 0 Å². The third kappa shape index (κ3) is 5.54. The van der Waals surface area contributed by atoms with Crippen LogP contribution >= 0.6 is 37.2 Å². The fraction of sp³-hybridized carbons (Fsp3) is 0.364. The Morgan fingerprint density at radius 3 is 2.52 bits per heavy atom. The van der Waals surface area contributed by atoms with E-state index in [0.29, 0.717) is 42.8 Å². The van der Waals surface area contributed by atoms with Gasteiger partial charge >= 0.3 is 5.97 Å². The molecule has 1 fully saturated rings. The Hall–Kier alpha value is -2.07. The van der Waals surface area contributed by atoms with Gasteiger partial charge in [-0.2, -0.15) is 0 Å². The van der Waals surface area contributed by atoms with Gasteiger partial charge in [-0.3, -0.25) is 9.88 Å². The number of nitrogens with one attached hydrogen (secondary N) is 1. The predicted octanol–water partition coefficient (Wildman–Crippen LogP) is 3.46. The third-order valence-corrected chi connectivity index (χ3v) is 5.70. The second-order valence-corrected chi connectivity index (χ2v) is 7.49. The van der Waals surface area contributed by atoms with E-state index in [-0.39, 0.29) is 48.5 Å². The van der Waals surface area contributed by atoms with E-state index >= 15 is 0 Å². The van der Waals surface area contributed by atoms with Gasteiger partial charge in [-0.25, -0.2) is 4.79 Å². The maximum absolute atomic E-state index is 12.3. The molecule has 11 heteroatoms. The molecule has 0 atom stereocenters. The molecule has 3 aromatic rings. The average molecular weight is 520 g/mol. The molecule has 2 aromatic heterocycles. The van der Waals surface area contributed by atoms with Crippen molar-refractivity contribution >= 4 is 54.1 Å². The number of aromatic nitrogens is 2. The number of hydrogen-bond donors (Lipinski definition) is 3. The highest BCUT2D eigenvalue weighted by Gasteiger charge is 2.27. The molecule has 0 radical (unpaired) electrons. The van der Waals surface area contributed by atoms with Crippen molar-refractivity contribution in [2.75, 3.05) is 33.4 Å². The van der Waals surface area contributed by atoms with Crippen LogP contribution in [0.25, 0.3) is 22.0 Å². The van der Waals surface area contributed by atoms with E-state index in [1.165, 1.54) is 0 Å². The Labute approximate surface area is 211 Å². The highest BCUT2D eigenvalue weighted by atomic mass is 35.5. The number of carboxylic acid groups (broad SMARTS) is 1. The lowest BCUT2D eigenvalue weighted by Crippen LogP contribution is -2.36. The molecular formula is C22H29Cl3N4O4. The first-order valence-electron chi connectivity index (χ1n) is 9.97. The first kappa shape index (κ1) is 29.0. The number of benzene rings is 1. The topological polar surface area (TPSA) is 99.8 Å². The Bertz CT molecular complexity index is 1090. The van der Waals surface area contributed by atoms with Crippen molar-refractivity contribution in [3.05, 3.63) is 47.4 Å². The van der Waals surface area contributed by atoms with Gasteiger partial charge < -0.3 is 24.8 Å². The molecule has 1 aliphatic heterocycles. The number of morpholine rings is 1. The van der Waals surface area contributed by atoms with Crippen LogP contribution in [0.15, 0.2) is 30.6 Å². The molecule has 0 aliphatic carbocycles. The standard InChI is InChI=1S/C22H26N4O4.3ClH/c1-23-12-16-19-17(10-15(21(16)27)14-4-3-5-24-11-14)25(2)18(20(19)22(28)29)13-26-6-8-30-9-7-26;;;/h3-5,10-11,23,27H,6-9,12-13H2,1-2H3,(H,28,29);3*1H. The number of phenols is 1. The number of rotatable bonds is 6. The molecule has 1 aliphatic rings. The van der Waals surface area contributed by atoms with Crippen LogP contribution in [0, 0.1) is 0 Å². The molecule has 3 heterocycles.